The van der Waals surface area contributed by atoms with E-state index in [2.05, 4.69) is 6.07 Å². The molecule has 4 aliphatic carbocycles. The molecule has 4 saturated carbocycles. The van der Waals surface area contributed by atoms with Crippen molar-refractivity contribution < 1.29 is 14.3 Å². The zero-order valence-corrected chi connectivity index (χ0v) is 11.2. The number of nitriles is 1. The summed E-state index contributed by atoms with van der Waals surface area (Å²) in [6.07, 6.45) is 5.89. The second-order valence-electron chi connectivity index (χ2n) is 6.71. The molecule has 0 N–H and O–H groups in total. The summed E-state index contributed by atoms with van der Waals surface area (Å²) in [5, 5.41) is 9.53. The monoisotopic (exact) mass is 261 g/mol. The maximum absolute atomic E-state index is 12.2. The average Bonchev–Trinajstić information content (AvgIpc) is 3.07. The molecule has 1 saturated heterocycles. The van der Waals surface area contributed by atoms with Gasteiger partial charge in [-0.2, -0.15) is 5.26 Å². The van der Waals surface area contributed by atoms with Gasteiger partial charge in [0.25, 0.3) is 5.60 Å². The number of carbonyl (C=O) groups is 1. The first-order valence-corrected chi connectivity index (χ1v) is 7.45. The number of rotatable bonds is 2. The van der Waals surface area contributed by atoms with Crippen LogP contribution < -0.4 is 0 Å². The van der Waals surface area contributed by atoms with E-state index in [-0.39, 0.29) is 0 Å². The van der Waals surface area contributed by atoms with Crippen LogP contribution in [0.1, 0.15) is 39.0 Å². The molecule has 4 bridgehead atoms. The number of epoxide rings is 1. The van der Waals surface area contributed by atoms with Gasteiger partial charge < -0.3 is 9.47 Å². The Morgan fingerprint density at radius 1 is 1.26 bits per heavy atom. The fourth-order valence-corrected chi connectivity index (χ4v) is 5.44. The van der Waals surface area contributed by atoms with Crippen LogP contribution >= 0.6 is 0 Å². The van der Waals surface area contributed by atoms with Gasteiger partial charge in [-0.1, -0.05) is 0 Å². The zero-order chi connectivity index (χ0) is 13.3. The standard InChI is InChI=1S/C15H19NO3/c1-2-18-13(17)14(8-16)15(19-14)11-4-9-3-10(6-11)7-12(15)5-9/h9-12H,2-7H2,1H3. The summed E-state index contributed by atoms with van der Waals surface area (Å²) in [7, 11) is 0. The molecule has 1 aliphatic heterocycles. The van der Waals surface area contributed by atoms with Crippen molar-refractivity contribution in [2.24, 2.45) is 23.7 Å². The molecule has 5 aliphatic rings. The van der Waals surface area contributed by atoms with Crippen LogP contribution in [0.3, 0.4) is 0 Å². The van der Waals surface area contributed by atoms with Crippen LogP contribution in [0.25, 0.3) is 0 Å². The van der Waals surface area contributed by atoms with Crippen molar-refractivity contribution in [2.45, 2.75) is 50.2 Å². The van der Waals surface area contributed by atoms with Crippen molar-refractivity contribution in [1.82, 2.24) is 0 Å². The van der Waals surface area contributed by atoms with Crippen molar-refractivity contribution in [3.05, 3.63) is 0 Å². The first kappa shape index (κ1) is 11.7. The highest BCUT2D eigenvalue weighted by atomic mass is 16.7. The maximum atomic E-state index is 12.2. The summed E-state index contributed by atoms with van der Waals surface area (Å²) < 4.78 is 11.0. The van der Waals surface area contributed by atoms with Crippen LogP contribution in [0.4, 0.5) is 0 Å². The summed E-state index contributed by atoms with van der Waals surface area (Å²) in [5.74, 6) is 1.94. The number of esters is 1. The van der Waals surface area contributed by atoms with Gasteiger partial charge in [-0.05, 0) is 62.7 Å². The molecule has 0 aromatic carbocycles. The van der Waals surface area contributed by atoms with E-state index in [0.717, 1.165) is 37.5 Å². The molecule has 5 fully saturated rings. The molecule has 19 heavy (non-hydrogen) atoms. The van der Waals surface area contributed by atoms with E-state index in [1.807, 2.05) is 0 Å². The van der Waals surface area contributed by atoms with E-state index < -0.39 is 17.2 Å². The number of ether oxygens (including phenoxy) is 2. The molecule has 0 aromatic heterocycles. The number of nitrogens with zero attached hydrogens (tertiary/aromatic N) is 1. The van der Waals surface area contributed by atoms with Gasteiger partial charge in [0.1, 0.15) is 11.7 Å². The lowest BCUT2D eigenvalue weighted by Gasteiger charge is -2.53. The normalized spacial score (nSPS) is 53.1. The third-order valence-electron chi connectivity index (χ3n) is 5.90. The highest BCUT2D eigenvalue weighted by Gasteiger charge is 2.84. The number of hydrogen-bond donors (Lipinski definition) is 0. The SMILES string of the molecule is CCOC(=O)C1(C#N)OC12C1CC3CC(C1)CC2C3. The van der Waals surface area contributed by atoms with Crippen molar-refractivity contribution in [1.29, 1.82) is 5.26 Å². The Morgan fingerprint density at radius 2 is 1.84 bits per heavy atom. The Kier molecular flexibility index (Phi) is 2.17. The van der Waals surface area contributed by atoms with Gasteiger partial charge in [-0.25, -0.2) is 4.79 Å². The van der Waals surface area contributed by atoms with Gasteiger partial charge in [0, 0.05) is 0 Å². The molecule has 1 spiro atoms. The summed E-state index contributed by atoms with van der Waals surface area (Å²) in [5.41, 5.74) is -1.78. The second-order valence-corrected chi connectivity index (χ2v) is 6.71. The third kappa shape index (κ3) is 1.20. The molecule has 1 atom stereocenters. The van der Waals surface area contributed by atoms with E-state index >= 15 is 0 Å². The Bertz CT molecular complexity index is 452. The first-order chi connectivity index (χ1) is 9.16. The Morgan fingerprint density at radius 3 is 2.32 bits per heavy atom. The van der Waals surface area contributed by atoms with E-state index in [0.29, 0.717) is 18.4 Å². The lowest BCUT2D eigenvalue weighted by Crippen LogP contribution is -2.55. The van der Waals surface area contributed by atoms with E-state index in [1.54, 1.807) is 6.92 Å². The molecule has 4 heteroatoms. The first-order valence-electron chi connectivity index (χ1n) is 7.45. The fourth-order valence-electron chi connectivity index (χ4n) is 5.44. The smallest absolute Gasteiger partial charge is 0.356 e. The maximum Gasteiger partial charge on any atom is 0.356 e. The molecule has 0 radical (unpaired) electrons. The molecule has 0 amide bonds. The van der Waals surface area contributed by atoms with Crippen molar-refractivity contribution in [3.8, 4) is 6.07 Å². The van der Waals surface area contributed by atoms with Crippen LogP contribution in [-0.2, 0) is 14.3 Å². The zero-order valence-electron chi connectivity index (χ0n) is 11.2. The highest BCUT2D eigenvalue weighted by molar-refractivity contribution is 5.89. The van der Waals surface area contributed by atoms with Gasteiger partial charge in [0.15, 0.2) is 0 Å². The molecule has 5 rings (SSSR count). The van der Waals surface area contributed by atoms with Crippen LogP contribution in [0, 0.1) is 35.0 Å². The topological polar surface area (TPSA) is 62.6 Å². The molecule has 0 aromatic rings. The van der Waals surface area contributed by atoms with E-state index in [4.69, 9.17) is 9.47 Å². The average molecular weight is 261 g/mol. The second kappa shape index (κ2) is 3.52. The predicted octanol–water partition coefficient (Wildman–Crippen LogP) is 2.04. The molecule has 102 valence electrons. The summed E-state index contributed by atoms with van der Waals surface area (Å²) in [6.45, 7) is 2.08. The van der Waals surface area contributed by atoms with Crippen molar-refractivity contribution >= 4 is 5.97 Å². The van der Waals surface area contributed by atoms with Gasteiger partial charge in [-0.15, -0.1) is 0 Å². The van der Waals surface area contributed by atoms with Crippen LogP contribution in [0.5, 0.6) is 0 Å². The van der Waals surface area contributed by atoms with E-state index in [9.17, 15) is 10.1 Å². The molecular weight excluding hydrogens is 242 g/mol. The van der Waals surface area contributed by atoms with Crippen LogP contribution in [0.15, 0.2) is 0 Å². The third-order valence-corrected chi connectivity index (χ3v) is 5.90. The number of hydrogen-bond acceptors (Lipinski definition) is 4. The minimum Gasteiger partial charge on any atom is -0.463 e. The summed E-state index contributed by atoms with van der Waals surface area (Å²) in [6, 6.07) is 2.16. The van der Waals surface area contributed by atoms with Gasteiger partial charge in [0.2, 0.25) is 0 Å². The molecule has 1 heterocycles. The predicted molar refractivity (Wildman–Crippen MR) is 65.8 cm³/mol. The minimum atomic E-state index is -1.29. The van der Waals surface area contributed by atoms with Crippen LogP contribution in [-0.4, -0.2) is 23.8 Å². The lowest BCUT2D eigenvalue weighted by atomic mass is 9.49. The van der Waals surface area contributed by atoms with Gasteiger partial charge in [0.05, 0.1) is 6.61 Å². The van der Waals surface area contributed by atoms with Crippen LogP contribution in [0.2, 0.25) is 0 Å². The van der Waals surface area contributed by atoms with Gasteiger partial charge in [-0.3, -0.25) is 0 Å². The Hall–Kier alpha value is -1.08. The number of carbonyl (C=O) groups excluding carboxylic acids is 1. The Labute approximate surface area is 113 Å². The Balaban J connectivity index is 1.69. The van der Waals surface area contributed by atoms with Gasteiger partial charge >= 0.3 is 5.97 Å². The quantitative estimate of drug-likeness (QED) is 0.563. The largest absolute Gasteiger partial charge is 0.463 e. The molecule has 4 nitrogen and oxygen atoms in total. The molecular formula is C15H19NO3. The lowest BCUT2D eigenvalue weighted by molar-refractivity contribution is -0.147. The fraction of sp³-hybridized carbons (Fsp3) is 0.867. The van der Waals surface area contributed by atoms with Crippen molar-refractivity contribution in [3.63, 3.8) is 0 Å². The van der Waals surface area contributed by atoms with E-state index in [1.165, 1.54) is 6.42 Å². The van der Waals surface area contributed by atoms with Crippen molar-refractivity contribution in [2.75, 3.05) is 6.61 Å². The summed E-state index contributed by atoms with van der Waals surface area (Å²) in [4.78, 5) is 12.2. The highest BCUT2D eigenvalue weighted by Crippen LogP contribution is 2.71. The summed E-state index contributed by atoms with van der Waals surface area (Å²) >= 11 is 0. The minimum absolute atomic E-state index is 0.308. The molecule has 1 unspecified atom stereocenters.